The first-order valence-electron chi connectivity index (χ1n) is 5.51. The van der Waals surface area contributed by atoms with Crippen molar-refractivity contribution in [1.29, 1.82) is 0 Å². The summed E-state index contributed by atoms with van der Waals surface area (Å²) in [5.41, 5.74) is 0.161. The second-order valence-electron chi connectivity index (χ2n) is 5.03. The standard InChI is InChI=1S/C12H15N3O2S/c1-12(2,3)15-10(13-14-11(15)18)7-5-4-6-8(16)9(7)17/h4-6,16-17H,1-3H3,(H,14,18). The number of aromatic nitrogens is 3. The Balaban J connectivity index is 2.74. The molecule has 0 aliphatic heterocycles. The zero-order valence-corrected chi connectivity index (χ0v) is 11.2. The van der Waals surface area contributed by atoms with Crippen molar-refractivity contribution in [2.45, 2.75) is 26.3 Å². The molecule has 5 nitrogen and oxygen atoms in total. The van der Waals surface area contributed by atoms with Crippen LogP contribution in [0.1, 0.15) is 20.8 Å². The van der Waals surface area contributed by atoms with Gasteiger partial charge in [0, 0.05) is 5.54 Å². The average molecular weight is 265 g/mol. The third kappa shape index (κ3) is 1.99. The number of benzene rings is 1. The zero-order chi connectivity index (χ0) is 13.5. The number of phenols is 2. The molecule has 2 aromatic rings. The minimum atomic E-state index is -0.280. The maximum atomic E-state index is 9.90. The molecule has 2 rings (SSSR count). The predicted molar refractivity (Wildman–Crippen MR) is 71.2 cm³/mol. The SMILES string of the molecule is CC(C)(C)n1c(-c2cccc(O)c2O)n[nH]c1=S. The van der Waals surface area contributed by atoms with Gasteiger partial charge in [-0.2, -0.15) is 5.10 Å². The average Bonchev–Trinajstić information content (AvgIpc) is 2.64. The Hall–Kier alpha value is -1.82. The minimum absolute atomic E-state index is 0.179. The first kappa shape index (κ1) is 12.6. The molecule has 0 saturated heterocycles. The lowest BCUT2D eigenvalue weighted by atomic mass is 10.1. The number of hydrogen-bond acceptors (Lipinski definition) is 4. The molecule has 3 N–H and O–H groups in total. The molecule has 96 valence electrons. The number of hydrogen-bond donors (Lipinski definition) is 3. The lowest BCUT2D eigenvalue weighted by Crippen LogP contribution is -2.23. The summed E-state index contributed by atoms with van der Waals surface area (Å²) < 4.78 is 2.27. The monoisotopic (exact) mass is 265 g/mol. The van der Waals surface area contributed by atoms with Crippen molar-refractivity contribution in [2.24, 2.45) is 0 Å². The number of rotatable bonds is 1. The fourth-order valence-corrected chi connectivity index (χ4v) is 2.22. The summed E-state index contributed by atoms with van der Waals surface area (Å²) in [7, 11) is 0. The molecule has 0 spiro atoms. The van der Waals surface area contributed by atoms with E-state index in [1.165, 1.54) is 6.07 Å². The first-order chi connectivity index (χ1) is 8.32. The van der Waals surface area contributed by atoms with Crippen molar-refractivity contribution in [2.75, 3.05) is 0 Å². The Morgan fingerprint density at radius 3 is 2.56 bits per heavy atom. The van der Waals surface area contributed by atoms with Gasteiger partial charge in [-0.15, -0.1) is 0 Å². The van der Waals surface area contributed by atoms with E-state index in [0.29, 0.717) is 16.2 Å². The van der Waals surface area contributed by atoms with E-state index < -0.39 is 0 Å². The van der Waals surface area contributed by atoms with Crippen LogP contribution in [0, 0.1) is 4.77 Å². The summed E-state index contributed by atoms with van der Waals surface area (Å²) >= 11 is 5.20. The summed E-state index contributed by atoms with van der Waals surface area (Å²) in [6.07, 6.45) is 0. The van der Waals surface area contributed by atoms with Crippen molar-refractivity contribution < 1.29 is 10.2 Å². The Morgan fingerprint density at radius 2 is 1.94 bits per heavy atom. The fraction of sp³-hybridized carbons (Fsp3) is 0.333. The third-order valence-corrected chi connectivity index (χ3v) is 2.87. The van der Waals surface area contributed by atoms with E-state index in [-0.39, 0.29) is 17.0 Å². The molecule has 0 fully saturated rings. The highest BCUT2D eigenvalue weighted by Crippen LogP contribution is 2.36. The van der Waals surface area contributed by atoms with E-state index >= 15 is 0 Å². The molecule has 0 saturated carbocycles. The van der Waals surface area contributed by atoms with Crippen LogP contribution in [0.25, 0.3) is 11.4 Å². The van der Waals surface area contributed by atoms with Gasteiger partial charge in [0.2, 0.25) is 0 Å². The van der Waals surface area contributed by atoms with Gasteiger partial charge in [-0.25, -0.2) is 0 Å². The van der Waals surface area contributed by atoms with Crippen LogP contribution in [0.2, 0.25) is 0 Å². The molecule has 0 amide bonds. The van der Waals surface area contributed by atoms with Crippen molar-refractivity contribution in [1.82, 2.24) is 14.8 Å². The van der Waals surface area contributed by atoms with E-state index in [9.17, 15) is 10.2 Å². The lowest BCUT2D eigenvalue weighted by Gasteiger charge is -2.22. The zero-order valence-electron chi connectivity index (χ0n) is 10.4. The van der Waals surface area contributed by atoms with E-state index in [2.05, 4.69) is 10.2 Å². The van der Waals surface area contributed by atoms with E-state index in [4.69, 9.17) is 12.2 Å². The van der Waals surface area contributed by atoms with E-state index in [1.807, 2.05) is 20.8 Å². The fourth-order valence-electron chi connectivity index (χ4n) is 1.81. The second-order valence-corrected chi connectivity index (χ2v) is 5.42. The molecule has 0 unspecified atom stereocenters. The van der Waals surface area contributed by atoms with Crippen molar-refractivity contribution in [3.63, 3.8) is 0 Å². The molecule has 1 aromatic carbocycles. The number of aromatic amines is 1. The highest BCUT2D eigenvalue weighted by atomic mass is 32.1. The van der Waals surface area contributed by atoms with Gasteiger partial charge in [0.25, 0.3) is 0 Å². The maximum absolute atomic E-state index is 9.90. The van der Waals surface area contributed by atoms with Crippen LogP contribution < -0.4 is 0 Å². The maximum Gasteiger partial charge on any atom is 0.195 e. The number of nitrogens with one attached hydrogen (secondary N) is 1. The molecule has 1 heterocycles. The molecule has 0 aliphatic carbocycles. The predicted octanol–water partition coefficient (Wildman–Crippen LogP) is 2.77. The summed E-state index contributed by atoms with van der Waals surface area (Å²) in [5, 5.41) is 26.3. The summed E-state index contributed by atoms with van der Waals surface area (Å²) in [4.78, 5) is 0. The number of H-pyrrole nitrogens is 1. The van der Waals surface area contributed by atoms with Gasteiger partial charge in [0.05, 0.1) is 5.56 Å². The van der Waals surface area contributed by atoms with Crippen molar-refractivity contribution in [3.8, 4) is 22.9 Å². The van der Waals surface area contributed by atoms with Crippen LogP contribution >= 0.6 is 12.2 Å². The Morgan fingerprint density at radius 1 is 1.28 bits per heavy atom. The van der Waals surface area contributed by atoms with Crippen LogP contribution in [-0.2, 0) is 5.54 Å². The van der Waals surface area contributed by atoms with Gasteiger partial charge in [-0.05, 0) is 45.1 Å². The van der Waals surface area contributed by atoms with Crippen LogP contribution in [0.15, 0.2) is 18.2 Å². The topological polar surface area (TPSA) is 74.1 Å². The van der Waals surface area contributed by atoms with Crippen LogP contribution in [0.5, 0.6) is 11.5 Å². The molecule has 0 bridgehead atoms. The molecular weight excluding hydrogens is 250 g/mol. The number of phenolic OH excluding ortho intramolecular Hbond substituents is 2. The summed E-state index contributed by atoms with van der Waals surface area (Å²) in [6.45, 7) is 5.96. The van der Waals surface area contributed by atoms with E-state index in [0.717, 1.165) is 0 Å². The molecule has 0 atom stereocenters. The van der Waals surface area contributed by atoms with Crippen LogP contribution in [-0.4, -0.2) is 25.0 Å². The Labute approximate surface area is 110 Å². The molecular formula is C12H15N3O2S. The van der Waals surface area contributed by atoms with Gasteiger partial charge >= 0.3 is 0 Å². The van der Waals surface area contributed by atoms with Crippen LogP contribution in [0.4, 0.5) is 0 Å². The van der Waals surface area contributed by atoms with Crippen molar-refractivity contribution in [3.05, 3.63) is 23.0 Å². The smallest absolute Gasteiger partial charge is 0.195 e. The highest BCUT2D eigenvalue weighted by molar-refractivity contribution is 7.71. The molecule has 1 aromatic heterocycles. The Bertz CT molecular complexity index is 638. The molecule has 6 heteroatoms. The number of aromatic hydroxyl groups is 2. The van der Waals surface area contributed by atoms with Crippen molar-refractivity contribution >= 4 is 12.2 Å². The lowest BCUT2D eigenvalue weighted by molar-refractivity contribution is 0.390. The third-order valence-electron chi connectivity index (χ3n) is 2.60. The summed E-state index contributed by atoms with van der Waals surface area (Å²) in [5.74, 6) is 0.125. The summed E-state index contributed by atoms with van der Waals surface area (Å²) in [6, 6.07) is 4.75. The molecule has 18 heavy (non-hydrogen) atoms. The first-order valence-corrected chi connectivity index (χ1v) is 5.92. The number of nitrogens with zero attached hydrogens (tertiary/aromatic N) is 2. The highest BCUT2D eigenvalue weighted by Gasteiger charge is 2.22. The van der Waals surface area contributed by atoms with Gasteiger partial charge < -0.3 is 10.2 Å². The second kappa shape index (κ2) is 4.13. The van der Waals surface area contributed by atoms with Gasteiger partial charge in [-0.1, -0.05) is 6.07 Å². The normalized spacial score (nSPS) is 11.7. The van der Waals surface area contributed by atoms with Gasteiger partial charge in [0.15, 0.2) is 22.1 Å². The van der Waals surface area contributed by atoms with Gasteiger partial charge in [-0.3, -0.25) is 9.67 Å². The number of para-hydroxylation sites is 1. The quantitative estimate of drug-likeness (QED) is 0.547. The molecule has 0 radical (unpaired) electrons. The largest absolute Gasteiger partial charge is 0.504 e. The Kier molecular flexibility index (Phi) is 2.90. The minimum Gasteiger partial charge on any atom is -0.504 e. The van der Waals surface area contributed by atoms with Gasteiger partial charge in [0.1, 0.15) is 0 Å². The van der Waals surface area contributed by atoms with E-state index in [1.54, 1.807) is 16.7 Å². The van der Waals surface area contributed by atoms with Crippen LogP contribution in [0.3, 0.4) is 0 Å². The molecule has 0 aliphatic rings.